The third-order valence-corrected chi connectivity index (χ3v) is 9.80. The molecule has 0 heterocycles. The van der Waals surface area contributed by atoms with Gasteiger partial charge in [0.1, 0.15) is 6.61 Å². The van der Waals surface area contributed by atoms with E-state index in [-0.39, 0.29) is 18.5 Å². The van der Waals surface area contributed by atoms with Gasteiger partial charge in [0, 0.05) is 19.4 Å². The molecule has 5 nitrogen and oxygen atoms in total. The summed E-state index contributed by atoms with van der Waals surface area (Å²) < 4.78 is 17.2. The molecule has 0 aliphatic heterocycles. The van der Waals surface area contributed by atoms with Crippen molar-refractivity contribution in [2.45, 2.75) is 245 Å². The first-order valence-electron chi connectivity index (χ1n) is 22.2. The molecular formula is C45H86O5. The largest absolute Gasteiger partial charge is 0.462 e. The van der Waals surface area contributed by atoms with E-state index in [0.29, 0.717) is 26.1 Å². The Balaban J connectivity index is 4.13. The van der Waals surface area contributed by atoms with Crippen LogP contribution in [0.2, 0.25) is 0 Å². The van der Waals surface area contributed by atoms with Crippen LogP contribution in [-0.2, 0) is 23.8 Å². The van der Waals surface area contributed by atoms with E-state index in [0.717, 1.165) is 44.9 Å². The second-order valence-electron chi connectivity index (χ2n) is 15.0. The quantitative estimate of drug-likeness (QED) is 0.0360. The SMILES string of the molecule is CCCCCC/C=C\CCCCCCCC(=O)OCC(COCCCCCCCCCCCCCCCC)OC(=O)CCCCCCCCC. The van der Waals surface area contributed by atoms with Crippen LogP contribution in [0, 0.1) is 0 Å². The fourth-order valence-corrected chi connectivity index (χ4v) is 6.45. The van der Waals surface area contributed by atoms with Crippen molar-refractivity contribution < 1.29 is 23.8 Å². The Morgan fingerprint density at radius 1 is 0.420 bits per heavy atom. The molecule has 1 atom stereocenters. The minimum absolute atomic E-state index is 0.0884. The minimum atomic E-state index is -0.526. The van der Waals surface area contributed by atoms with E-state index in [1.165, 1.54) is 161 Å². The highest BCUT2D eigenvalue weighted by molar-refractivity contribution is 5.70. The molecule has 50 heavy (non-hydrogen) atoms. The summed E-state index contributed by atoms with van der Waals surface area (Å²) in [4.78, 5) is 25.1. The highest BCUT2D eigenvalue weighted by Gasteiger charge is 2.17. The monoisotopic (exact) mass is 707 g/mol. The number of hydrogen-bond donors (Lipinski definition) is 0. The zero-order valence-electron chi connectivity index (χ0n) is 33.9. The summed E-state index contributed by atoms with van der Waals surface area (Å²) in [6.07, 6.45) is 45.0. The summed E-state index contributed by atoms with van der Waals surface area (Å²) in [5.74, 6) is -0.401. The molecule has 296 valence electrons. The molecule has 0 aromatic carbocycles. The van der Waals surface area contributed by atoms with E-state index in [2.05, 4.69) is 32.9 Å². The Morgan fingerprint density at radius 3 is 1.24 bits per heavy atom. The van der Waals surface area contributed by atoms with E-state index in [1.807, 2.05) is 0 Å². The van der Waals surface area contributed by atoms with Gasteiger partial charge in [0.25, 0.3) is 0 Å². The number of esters is 2. The van der Waals surface area contributed by atoms with Crippen LogP contribution in [0.25, 0.3) is 0 Å². The van der Waals surface area contributed by atoms with Crippen molar-refractivity contribution in [1.29, 1.82) is 0 Å². The second kappa shape index (κ2) is 42.1. The normalized spacial score (nSPS) is 12.1. The van der Waals surface area contributed by atoms with Crippen molar-refractivity contribution in [3.8, 4) is 0 Å². The molecule has 0 fully saturated rings. The Bertz CT molecular complexity index is 720. The summed E-state index contributed by atoms with van der Waals surface area (Å²) in [7, 11) is 0. The Labute approximate surface area is 312 Å². The molecule has 0 aliphatic carbocycles. The van der Waals surface area contributed by atoms with Crippen molar-refractivity contribution in [2.75, 3.05) is 19.8 Å². The van der Waals surface area contributed by atoms with Crippen LogP contribution in [-0.4, -0.2) is 37.9 Å². The number of unbranched alkanes of at least 4 members (excludes halogenated alkanes) is 28. The van der Waals surface area contributed by atoms with Gasteiger partial charge in [-0.3, -0.25) is 9.59 Å². The van der Waals surface area contributed by atoms with Crippen LogP contribution in [0.3, 0.4) is 0 Å². The lowest BCUT2D eigenvalue weighted by molar-refractivity contribution is -0.163. The number of rotatable bonds is 41. The van der Waals surface area contributed by atoms with Gasteiger partial charge in [0.05, 0.1) is 6.61 Å². The number of ether oxygens (including phenoxy) is 3. The molecule has 5 heteroatoms. The van der Waals surface area contributed by atoms with Gasteiger partial charge >= 0.3 is 11.9 Å². The summed E-state index contributed by atoms with van der Waals surface area (Å²) >= 11 is 0. The summed E-state index contributed by atoms with van der Waals surface area (Å²) in [5.41, 5.74) is 0. The molecule has 0 aromatic heterocycles. The van der Waals surface area contributed by atoms with Crippen molar-refractivity contribution in [2.24, 2.45) is 0 Å². The number of carbonyl (C=O) groups excluding carboxylic acids is 2. The molecule has 0 aromatic rings. The zero-order valence-corrected chi connectivity index (χ0v) is 33.9. The third kappa shape index (κ3) is 39.4. The molecule has 0 N–H and O–H groups in total. The van der Waals surface area contributed by atoms with E-state index in [1.54, 1.807) is 0 Å². The first-order valence-corrected chi connectivity index (χ1v) is 22.2. The van der Waals surface area contributed by atoms with Crippen LogP contribution in [0.5, 0.6) is 0 Å². The van der Waals surface area contributed by atoms with Gasteiger partial charge in [0.2, 0.25) is 0 Å². The van der Waals surface area contributed by atoms with Crippen LogP contribution >= 0.6 is 0 Å². The summed E-state index contributed by atoms with van der Waals surface area (Å²) in [6, 6.07) is 0. The first-order chi connectivity index (χ1) is 24.6. The first kappa shape index (κ1) is 48.6. The standard InChI is InChI=1S/C45H86O5/c1-4-7-10-13-16-18-20-22-24-26-28-31-34-37-40-48-41-43(50-45(47)39-36-33-29-15-12-9-6-3)42-49-44(46)38-35-32-30-27-25-23-21-19-17-14-11-8-5-2/h19,21,43H,4-18,20,22-42H2,1-3H3/b21-19-. The lowest BCUT2D eigenvalue weighted by Gasteiger charge is -2.18. The average Bonchev–Trinajstić information content (AvgIpc) is 3.11. The maximum absolute atomic E-state index is 12.6. The number of carbonyl (C=O) groups is 2. The van der Waals surface area contributed by atoms with Crippen molar-refractivity contribution >= 4 is 11.9 Å². The van der Waals surface area contributed by atoms with E-state index < -0.39 is 6.10 Å². The highest BCUT2D eigenvalue weighted by atomic mass is 16.6. The molecular weight excluding hydrogens is 620 g/mol. The Morgan fingerprint density at radius 2 is 0.780 bits per heavy atom. The van der Waals surface area contributed by atoms with Gasteiger partial charge in [-0.2, -0.15) is 0 Å². The van der Waals surface area contributed by atoms with Crippen LogP contribution in [0.15, 0.2) is 12.2 Å². The predicted molar refractivity (Wildman–Crippen MR) is 215 cm³/mol. The lowest BCUT2D eigenvalue weighted by atomic mass is 10.0. The van der Waals surface area contributed by atoms with Gasteiger partial charge in [-0.1, -0.05) is 193 Å². The summed E-state index contributed by atoms with van der Waals surface area (Å²) in [6.45, 7) is 7.80. The van der Waals surface area contributed by atoms with E-state index in [4.69, 9.17) is 14.2 Å². The van der Waals surface area contributed by atoms with Gasteiger partial charge < -0.3 is 14.2 Å². The van der Waals surface area contributed by atoms with E-state index >= 15 is 0 Å². The fourth-order valence-electron chi connectivity index (χ4n) is 6.45. The number of allylic oxidation sites excluding steroid dienone is 2. The topological polar surface area (TPSA) is 61.8 Å². The van der Waals surface area contributed by atoms with Crippen LogP contribution in [0.1, 0.15) is 239 Å². The van der Waals surface area contributed by atoms with Crippen molar-refractivity contribution in [1.82, 2.24) is 0 Å². The van der Waals surface area contributed by atoms with E-state index in [9.17, 15) is 9.59 Å². The predicted octanol–water partition coefficient (Wildman–Crippen LogP) is 14.3. The van der Waals surface area contributed by atoms with Crippen LogP contribution in [0.4, 0.5) is 0 Å². The lowest BCUT2D eigenvalue weighted by Crippen LogP contribution is -2.30. The molecule has 0 spiro atoms. The molecule has 0 bridgehead atoms. The molecule has 0 amide bonds. The molecule has 1 unspecified atom stereocenters. The molecule has 0 rings (SSSR count). The van der Waals surface area contributed by atoms with Gasteiger partial charge in [0.15, 0.2) is 6.10 Å². The van der Waals surface area contributed by atoms with Crippen LogP contribution < -0.4 is 0 Å². The Kier molecular flexibility index (Phi) is 40.9. The maximum Gasteiger partial charge on any atom is 0.306 e. The zero-order chi connectivity index (χ0) is 36.4. The van der Waals surface area contributed by atoms with Gasteiger partial charge in [-0.25, -0.2) is 0 Å². The third-order valence-electron chi connectivity index (χ3n) is 9.80. The highest BCUT2D eigenvalue weighted by Crippen LogP contribution is 2.14. The van der Waals surface area contributed by atoms with Crippen molar-refractivity contribution in [3.63, 3.8) is 0 Å². The molecule has 0 radical (unpaired) electrons. The molecule has 0 saturated carbocycles. The maximum atomic E-state index is 12.6. The average molecular weight is 707 g/mol. The van der Waals surface area contributed by atoms with Gasteiger partial charge in [-0.15, -0.1) is 0 Å². The van der Waals surface area contributed by atoms with Crippen molar-refractivity contribution in [3.05, 3.63) is 12.2 Å². The second-order valence-corrected chi connectivity index (χ2v) is 15.0. The minimum Gasteiger partial charge on any atom is -0.462 e. The number of hydrogen-bond acceptors (Lipinski definition) is 5. The molecule has 0 aliphatic rings. The smallest absolute Gasteiger partial charge is 0.306 e. The molecule has 0 saturated heterocycles. The summed E-state index contributed by atoms with van der Waals surface area (Å²) in [5, 5.41) is 0. The fraction of sp³-hybridized carbons (Fsp3) is 0.911. The Hall–Kier alpha value is -1.36. The van der Waals surface area contributed by atoms with Gasteiger partial charge in [-0.05, 0) is 44.9 Å².